The van der Waals surface area contributed by atoms with Gasteiger partial charge in [-0.1, -0.05) is 12.1 Å². The van der Waals surface area contributed by atoms with Crippen molar-refractivity contribution in [2.24, 2.45) is 0 Å². The van der Waals surface area contributed by atoms with Gasteiger partial charge >= 0.3 is 6.36 Å². The van der Waals surface area contributed by atoms with Gasteiger partial charge in [-0.25, -0.2) is 4.39 Å². The second-order valence-corrected chi connectivity index (χ2v) is 4.18. The molecule has 0 atom stereocenters. The van der Waals surface area contributed by atoms with E-state index in [1.165, 1.54) is 12.1 Å². The first-order valence-corrected chi connectivity index (χ1v) is 5.47. The Morgan fingerprint density at radius 3 is 2.44 bits per heavy atom. The third-order valence-corrected chi connectivity index (χ3v) is 2.32. The van der Waals surface area contributed by atoms with Crippen LogP contribution < -0.4 is 4.74 Å². The number of benzene rings is 1. The average Bonchev–Trinajstić information content (AvgIpc) is 2.21. The molecule has 0 N–H and O–H groups in total. The summed E-state index contributed by atoms with van der Waals surface area (Å²) in [5.41, 5.74) is 0.235. The van der Waals surface area contributed by atoms with Gasteiger partial charge in [0.15, 0.2) is 11.6 Å². The predicted octanol–water partition coefficient (Wildman–Crippen LogP) is 3.22. The smallest absolute Gasteiger partial charge is 0.403 e. The maximum Gasteiger partial charge on any atom is 0.573 e. The molecule has 0 aliphatic heterocycles. The van der Waals surface area contributed by atoms with Crippen molar-refractivity contribution in [2.45, 2.75) is 19.2 Å². The van der Waals surface area contributed by atoms with Gasteiger partial charge in [-0.05, 0) is 45.1 Å². The first-order chi connectivity index (χ1) is 8.29. The number of hydrogen-bond acceptors (Lipinski definition) is 2. The molecule has 2 nitrogen and oxygen atoms in total. The number of halogens is 4. The molecule has 0 radical (unpaired) electrons. The van der Waals surface area contributed by atoms with Crippen molar-refractivity contribution in [1.29, 1.82) is 0 Å². The molecule has 0 saturated carbocycles. The van der Waals surface area contributed by atoms with Crippen molar-refractivity contribution in [3.05, 3.63) is 29.6 Å². The Morgan fingerprint density at radius 1 is 1.22 bits per heavy atom. The fourth-order valence-corrected chi connectivity index (χ4v) is 1.54. The molecule has 6 heteroatoms. The van der Waals surface area contributed by atoms with Gasteiger partial charge in [-0.15, -0.1) is 13.2 Å². The van der Waals surface area contributed by atoms with Crippen LogP contribution >= 0.6 is 0 Å². The van der Waals surface area contributed by atoms with Gasteiger partial charge in [0.2, 0.25) is 0 Å². The van der Waals surface area contributed by atoms with Crippen LogP contribution in [0.15, 0.2) is 18.2 Å². The summed E-state index contributed by atoms with van der Waals surface area (Å²) in [5, 5.41) is 0. The first-order valence-electron chi connectivity index (χ1n) is 5.47. The normalized spacial score (nSPS) is 11.9. The van der Waals surface area contributed by atoms with Crippen LogP contribution in [0.25, 0.3) is 0 Å². The predicted molar refractivity (Wildman–Crippen MR) is 60.0 cm³/mol. The maximum atomic E-state index is 13.7. The highest BCUT2D eigenvalue weighted by atomic mass is 19.4. The zero-order chi connectivity index (χ0) is 13.8. The van der Waals surface area contributed by atoms with Crippen LogP contribution in [0.3, 0.4) is 0 Å². The van der Waals surface area contributed by atoms with Crippen molar-refractivity contribution in [1.82, 2.24) is 4.90 Å². The fourth-order valence-electron chi connectivity index (χ4n) is 1.54. The summed E-state index contributed by atoms with van der Waals surface area (Å²) in [5.74, 6) is -1.71. The molecule has 102 valence electrons. The van der Waals surface area contributed by atoms with Gasteiger partial charge in [0.25, 0.3) is 0 Å². The Morgan fingerprint density at radius 2 is 1.89 bits per heavy atom. The Hall–Kier alpha value is -1.30. The molecule has 0 spiro atoms. The van der Waals surface area contributed by atoms with Crippen molar-refractivity contribution in [3.8, 4) is 5.75 Å². The summed E-state index contributed by atoms with van der Waals surface area (Å²) >= 11 is 0. The summed E-state index contributed by atoms with van der Waals surface area (Å²) in [6.07, 6.45) is -3.83. The van der Waals surface area contributed by atoms with E-state index in [1.54, 1.807) is 0 Å². The molecule has 0 unspecified atom stereocenters. The molecule has 0 fully saturated rings. The SMILES string of the molecule is CN(C)CCCc1cccc(OC(F)(F)F)c1F. The Kier molecular flexibility index (Phi) is 4.95. The van der Waals surface area contributed by atoms with Crippen LogP contribution in [0.2, 0.25) is 0 Å². The number of rotatable bonds is 5. The van der Waals surface area contributed by atoms with E-state index in [0.717, 1.165) is 12.6 Å². The van der Waals surface area contributed by atoms with Crippen LogP contribution in [0, 0.1) is 5.82 Å². The lowest BCUT2D eigenvalue weighted by atomic mass is 10.1. The van der Waals surface area contributed by atoms with Crippen molar-refractivity contribution in [2.75, 3.05) is 20.6 Å². The van der Waals surface area contributed by atoms with Crippen molar-refractivity contribution >= 4 is 0 Å². The minimum absolute atomic E-state index is 0.235. The minimum Gasteiger partial charge on any atom is -0.403 e. The number of ether oxygens (including phenoxy) is 1. The van der Waals surface area contributed by atoms with Crippen LogP contribution in [0.1, 0.15) is 12.0 Å². The van der Waals surface area contributed by atoms with Gasteiger partial charge in [-0.2, -0.15) is 0 Å². The maximum absolute atomic E-state index is 13.7. The molecule has 0 aliphatic rings. The minimum atomic E-state index is -4.87. The Balaban J connectivity index is 2.72. The lowest BCUT2D eigenvalue weighted by Crippen LogP contribution is -2.18. The number of nitrogens with zero attached hydrogens (tertiary/aromatic N) is 1. The molecular weight excluding hydrogens is 250 g/mol. The molecule has 0 aromatic heterocycles. The summed E-state index contributed by atoms with van der Waals surface area (Å²) in [4.78, 5) is 1.92. The number of hydrogen-bond donors (Lipinski definition) is 0. The van der Waals surface area contributed by atoms with Crippen LogP contribution in [-0.4, -0.2) is 31.9 Å². The van der Waals surface area contributed by atoms with Crippen LogP contribution in [-0.2, 0) is 6.42 Å². The molecule has 1 aromatic rings. The molecule has 0 saturated heterocycles. The van der Waals surface area contributed by atoms with Crippen molar-refractivity contribution < 1.29 is 22.3 Å². The first kappa shape index (κ1) is 14.8. The van der Waals surface area contributed by atoms with E-state index in [9.17, 15) is 17.6 Å². The molecule has 18 heavy (non-hydrogen) atoms. The summed E-state index contributed by atoms with van der Waals surface area (Å²) < 4.78 is 53.3. The van der Waals surface area contributed by atoms with Gasteiger partial charge in [-0.3, -0.25) is 0 Å². The van der Waals surface area contributed by atoms with Crippen molar-refractivity contribution in [3.63, 3.8) is 0 Å². The second-order valence-electron chi connectivity index (χ2n) is 4.18. The fraction of sp³-hybridized carbons (Fsp3) is 0.500. The van der Waals surface area contributed by atoms with Crippen LogP contribution in [0.5, 0.6) is 5.75 Å². The molecule has 0 heterocycles. The zero-order valence-electron chi connectivity index (χ0n) is 10.2. The summed E-state index contributed by atoms with van der Waals surface area (Å²) in [7, 11) is 3.75. The molecule has 0 bridgehead atoms. The van der Waals surface area contributed by atoms with E-state index in [-0.39, 0.29) is 5.56 Å². The third-order valence-electron chi connectivity index (χ3n) is 2.32. The molecule has 1 aromatic carbocycles. The highest BCUT2D eigenvalue weighted by molar-refractivity contribution is 5.31. The van der Waals surface area contributed by atoms with Gasteiger partial charge in [0, 0.05) is 0 Å². The third kappa shape index (κ3) is 4.91. The zero-order valence-corrected chi connectivity index (χ0v) is 10.2. The van der Waals surface area contributed by atoms with E-state index in [0.29, 0.717) is 12.8 Å². The molecular formula is C12H15F4NO. The van der Waals surface area contributed by atoms with Gasteiger partial charge < -0.3 is 9.64 Å². The Bertz CT molecular complexity index is 390. The lowest BCUT2D eigenvalue weighted by Gasteiger charge is -2.13. The largest absolute Gasteiger partial charge is 0.573 e. The topological polar surface area (TPSA) is 12.5 Å². The summed E-state index contributed by atoms with van der Waals surface area (Å²) in [6, 6.07) is 3.79. The van der Waals surface area contributed by atoms with E-state index in [1.807, 2.05) is 19.0 Å². The highest BCUT2D eigenvalue weighted by Crippen LogP contribution is 2.27. The van der Waals surface area contributed by atoms with E-state index >= 15 is 0 Å². The second kappa shape index (κ2) is 6.04. The van der Waals surface area contributed by atoms with Gasteiger partial charge in [0.05, 0.1) is 0 Å². The summed E-state index contributed by atoms with van der Waals surface area (Å²) in [6.45, 7) is 0.740. The molecule has 0 aliphatic carbocycles. The monoisotopic (exact) mass is 265 g/mol. The standard InChI is InChI=1S/C12H15F4NO/c1-17(2)8-4-6-9-5-3-7-10(11(9)13)18-12(14,15)16/h3,5,7H,4,6,8H2,1-2H3. The molecule has 1 rings (SSSR count). The van der Waals surface area contributed by atoms with E-state index in [2.05, 4.69) is 4.74 Å². The van der Waals surface area contributed by atoms with Gasteiger partial charge in [0.1, 0.15) is 0 Å². The van der Waals surface area contributed by atoms with Crippen LogP contribution in [0.4, 0.5) is 17.6 Å². The van der Waals surface area contributed by atoms with E-state index < -0.39 is 17.9 Å². The average molecular weight is 265 g/mol. The number of aryl methyl sites for hydroxylation is 1. The molecule has 0 amide bonds. The number of alkyl halides is 3. The van der Waals surface area contributed by atoms with E-state index in [4.69, 9.17) is 0 Å². The highest BCUT2D eigenvalue weighted by Gasteiger charge is 2.32. The quantitative estimate of drug-likeness (QED) is 0.758. The Labute approximate surface area is 103 Å². The lowest BCUT2D eigenvalue weighted by molar-refractivity contribution is -0.275.